The van der Waals surface area contributed by atoms with Crippen LogP contribution in [0.4, 0.5) is 0 Å². The monoisotopic (exact) mass is 383 g/mol. The van der Waals surface area contributed by atoms with Crippen LogP contribution in [-0.2, 0) is 0 Å². The van der Waals surface area contributed by atoms with E-state index >= 15 is 0 Å². The van der Waals surface area contributed by atoms with Crippen molar-refractivity contribution in [2.75, 3.05) is 0 Å². The standard InChI is InChI=1S/C27H17N3/c1-2-7-22-20(5-1)21-6-3-4-8-23(21)25-15-19(9-10-24(22)25)27-17-29-16-26(30-27)18-11-13-28-14-12-18/h1-17H. The number of hydrogen-bond acceptors (Lipinski definition) is 3. The number of pyridine rings is 1. The maximum atomic E-state index is 4.87. The van der Waals surface area contributed by atoms with Gasteiger partial charge in [-0.1, -0.05) is 60.7 Å². The summed E-state index contributed by atoms with van der Waals surface area (Å²) in [6.45, 7) is 0. The van der Waals surface area contributed by atoms with Gasteiger partial charge in [0.25, 0.3) is 0 Å². The Bertz CT molecular complexity index is 1500. The molecule has 0 N–H and O–H groups in total. The molecule has 0 bridgehead atoms. The second kappa shape index (κ2) is 6.75. The van der Waals surface area contributed by atoms with Gasteiger partial charge < -0.3 is 0 Å². The average molecular weight is 383 g/mol. The summed E-state index contributed by atoms with van der Waals surface area (Å²) in [5, 5.41) is 7.58. The van der Waals surface area contributed by atoms with E-state index in [4.69, 9.17) is 4.98 Å². The van der Waals surface area contributed by atoms with Crippen LogP contribution in [0, 0.1) is 0 Å². The molecule has 4 aromatic carbocycles. The first-order valence-electron chi connectivity index (χ1n) is 9.94. The summed E-state index contributed by atoms with van der Waals surface area (Å²) in [6.07, 6.45) is 7.17. The fourth-order valence-electron chi connectivity index (χ4n) is 4.23. The van der Waals surface area contributed by atoms with E-state index in [0.717, 1.165) is 22.5 Å². The summed E-state index contributed by atoms with van der Waals surface area (Å²) in [7, 11) is 0. The predicted octanol–water partition coefficient (Wildman–Crippen LogP) is 6.67. The lowest BCUT2D eigenvalue weighted by Crippen LogP contribution is -1.91. The molecule has 3 heteroatoms. The zero-order valence-corrected chi connectivity index (χ0v) is 16.2. The van der Waals surface area contributed by atoms with Gasteiger partial charge in [0, 0.05) is 23.5 Å². The van der Waals surface area contributed by atoms with E-state index < -0.39 is 0 Å². The number of aromatic nitrogens is 3. The molecule has 0 unspecified atom stereocenters. The Kier molecular flexibility index (Phi) is 3.78. The molecule has 6 rings (SSSR count). The van der Waals surface area contributed by atoms with Crippen LogP contribution in [0.2, 0.25) is 0 Å². The van der Waals surface area contributed by atoms with Crippen molar-refractivity contribution in [3.63, 3.8) is 0 Å². The normalized spacial score (nSPS) is 11.3. The highest BCUT2D eigenvalue weighted by Gasteiger charge is 2.10. The smallest absolute Gasteiger partial charge is 0.0893 e. The van der Waals surface area contributed by atoms with Gasteiger partial charge in [-0.3, -0.25) is 9.97 Å². The molecule has 0 spiro atoms. The van der Waals surface area contributed by atoms with Crippen LogP contribution in [0.3, 0.4) is 0 Å². The summed E-state index contributed by atoms with van der Waals surface area (Å²) in [5.41, 5.74) is 3.78. The molecular weight excluding hydrogens is 366 g/mol. The highest BCUT2D eigenvalue weighted by molar-refractivity contribution is 6.25. The minimum Gasteiger partial charge on any atom is -0.265 e. The van der Waals surface area contributed by atoms with Crippen molar-refractivity contribution in [1.29, 1.82) is 0 Å². The minimum atomic E-state index is 0.846. The number of fused-ring (bicyclic) bond motifs is 6. The molecule has 3 nitrogen and oxygen atoms in total. The van der Waals surface area contributed by atoms with Crippen molar-refractivity contribution < 1.29 is 0 Å². The van der Waals surface area contributed by atoms with Gasteiger partial charge in [0.15, 0.2) is 0 Å². The molecular formula is C27H17N3. The van der Waals surface area contributed by atoms with Gasteiger partial charge in [-0.2, -0.15) is 0 Å². The zero-order valence-electron chi connectivity index (χ0n) is 16.2. The Morgan fingerprint density at radius 2 is 0.967 bits per heavy atom. The predicted molar refractivity (Wildman–Crippen MR) is 123 cm³/mol. The second-order valence-corrected chi connectivity index (χ2v) is 7.38. The van der Waals surface area contributed by atoms with Crippen molar-refractivity contribution in [3.8, 4) is 22.5 Å². The first-order chi connectivity index (χ1) is 14.9. The van der Waals surface area contributed by atoms with Crippen LogP contribution in [0.1, 0.15) is 0 Å². The number of hydrogen-bond donors (Lipinski definition) is 0. The van der Waals surface area contributed by atoms with Crippen LogP contribution in [0.5, 0.6) is 0 Å². The van der Waals surface area contributed by atoms with Crippen LogP contribution in [0.15, 0.2) is 104 Å². The number of benzene rings is 4. The largest absolute Gasteiger partial charge is 0.265 e. The average Bonchev–Trinajstić information content (AvgIpc) is 2.84. The molecule has 0 aliphatic rings. The molecule has 0 saturated carbocycles. The molecule has 6 aromatic rings. The summed E-state index contributed by atoms with van der Waals surface area (Å²) in [5.74, 6) is 0. The summed E-state index contributed by atoms with van der Waals surface area (Å²) in [6, 6.07) is 27.7. The van der Waals surface area contributed by atoms with Crippen molar-refractivity contribution in [3.05, 3.63) is 104 Å². The summed E-state index contributed by atoms with van der Waals surface area (Å²) in [4.78, 5) is 13.4. The van der Waals surface area contributed by atoms with Crippen LogP contribution < -0.4 is 0 Å². The Hall–Kier alpha value is -4.11. The number of rotatable bonds is 2. The van der Waals surface area contributed by atoms with Gasteiger partial charge in [0.2, 0.25) is 0 Å². The Morgan fingerprint density at radius 1 is 0.433 bits per heavy atom. The topological polar surface area (TPSA) is 38.7 Å². The second-order valence-electron chi connectivity index (χ2n) is 7.38. The van der Waals surface area contributed by atoms with Crippen LogP contribution in [-0.4, -0.2) is 15.0 Å². The van der Waals surface area contributed by atoms with E-state index in [0.29, 0.717) is 0 Å². The summed E-state index contributed by atoms with van der Waals surface area (Å²) >= 11 is 0. The van der Waals surface area contributed by atoms with E-state index in [2.05, 4.69) is 76.7 Å². The van der Waals surface area contributed by atoms with E-state index in [1.807, 2.05) is 18.3 Å². The molecule has 0 aliphatic heterocycles. The molecule has 0 atom stereocenters. The fourth-order valence-corrected chi connectivity index (χ4v) is 4.23. The molecule has 0 saturated heterocycles. The van der Waals surface area contributed by atoms with Crippen molar-refractivity contribution in [2.24, 2.45) is 0 Å². The fraction of sp³-hybridized carbons (Fsp3) is 0. The maximum absolute atomic E-state index is 4.87. The highest BCUT2D eigenvalue weighted by Crippen LogP contribution is 2.36. The molecule has 30 heavy (non-hydrogen) atoms. The lowest BCUT2D eigenvalue weighted by atomic mass is 9.93. The SMILES string of the molecule is c1ccc2c(c1)c1ccccc1c1cc(-c3cncc(-c4ccncc4)n3)ccc21. The molecule has 0 radical (unpaired) electrons. The maximum Gasteiger partial charge on any atom is 0.0893 e. The highest BCUT2D eigenvalue weighted by atomic mass is 14.8. The van der Waals surface area contributed by atoms with Gasteiger partial charge in [0.1, 0.15) is 0 Å². The van der Waals surface area contributed by atoms with Crippen LogP contribution >= 0.6 is 0 Å². The quantitative estimate of drug-likeness (QED) is 0.314. The third-order valence-corrected chi connectivity index (χ3v) is 5.65. The summed E-state index contributed by atoms with van der Waals surface area (Å²) < 4.78 is 0. The third kappa shape index (κ3) is 2.64. The van der Waals surface area contributed by atoms with E-state index in [1.54, 1.807) is 18.6 Å². The minimum absolute atomic E-state index is 0.846. The van der Waals surface area contributed by atoms with Crippen LogP contribution in [0.25, 0.3) is 54.8 Å². The van der Waals surface area contributed by atoms with Gasteiger partial charge >= 0.3 is 0 Å². The van der Waals surface area contributed by atoms with E-state index in [1.165, 1.54) is 32.3 Å². The number of nitrogens with zero attached hydrogens (tertiary/aromatic N) is 3. The first-order valence-corrected chi connectivity index (χ1v) is 9.94. The molecule has 2 aromatic heterocycles. The lowest BCUT2D eigenvalue weighted by molar-refractivity contribution is 1.20. The van der Waals surface area contributed by atoms with E-state index in [-0.39, 0.29) is 0 Å². The van der Waals surface area contributed by atoms with Gasteiger partial charge in [-0.15, -0.1) is 0 Å². The third-order valence-electron chi connectivity index (χ3n) is 5.65. The molecule has 140 valence electrons. The Morgan fingerprint density at radius 3 is 1.60 bits per heavy atom. The lowest BCUT2D eigenvalue weighted by Gasteiger charge is -2.12. The van der Waals surface area contributed by atoms with Crippen molar-refractivity contribution in [2.45, 2.75) is 0 Å². The first kappa shape index (κ1) is 16.8. The van der Waals surface area contributed by atoms with Gasteiger partial charge in [-0.05, 0) is 50.5 Å². The molecule has 0 aliphatic carbocycles. The van der Waals surface area contributed by atoms with Crippen molar-refractivity contribution >= 4 is 32.3 Å². The van der Waals surface area contributed by atoms with Crippen molar-refractivity contribution in [1.82, 2.24) is 15.0 Å². The molecule has 0 fully saturated rings. The molecule has 2 heterocycles. The Labute approximate surface area is 173 Å². The van der Waals surface area contributed by atoms with Gasteiger partial charge in [-0.25, -0.2) is 4.98 Å². The Balaban J connectivity index is 1.61. The van der Waals surface area contributed by atoms with Gasteiger partial charge in [0.05, 0.1) is 23.8 Å². The van der Waals surface area contributed by atoms with E-state index in [9.17, 15) is 0 Å². The zero-order chi connectivity index (χ0) is 19.9. The molecule has 0 amide bonds.